The zero-order valence-electron chi connectivity index (χ0n) is 19.0. The lowest BCUT2D eigenvalue weighted by atomic mass is 9.78. The summed E-state index contributed by atoms with van der Waals surface area (Å²) in [7, 11) is -3.45. The predicted molar refractivity (Wildman–Crippen MR) is 130 cm³/mol. The van der Waals surface area contributed by atoms with Crippen molar-refractivity contribution in [3.8, 4) is 11.5 Å². The number of hydrogen-bond donors (Lipinski definition) is 2. The highest BCUT2D eigenvalue weighted by molar-refractivity contribution is 7.88. The van der Waals surface area contributed by atoms with Crippen LogP contribution < -0.4 is 14.2 Å². The van der Waals surface area contributed by atoms with Gasteiger partial charge in [-0.2, -0.15) is 0 Å². The Balaban J connectivity index is 2.11. The van der Waals surface area contributed by atoms with Crippen molar-refractivity contribution in [3.63, 3.8) is 0 Å². The lowest BCUT2D eigenvalue weighted by Gasteiger charge is -2.27. The molecule has 0 unspecified atom stereocenters. The number of aliphatic hydroxyl groups is 1. The number of ketones is 1. The second kappa shape index (κ2) is 11.5. The lowest BCUT2D eigenvalue weighted by Crippen LogP contribution is -2.31. The maximum atomic E-state index is 11.8. The summed E-state index contributed by atoms with van der Waals surface area (Å²) in [5.41, 5.74) is 1.38. The van der Waals surface area contributed by atoms with E-state index in [1.807, 2.05) is 39.0 Å². The second-order valence-electron chi connectivity index (χ2n) is 8.21. The number of Topliss-reactive ketones (excluding diaryl/α,β-unsaturated/α-hetero) is 1. The van der Waals surface area contributed by atoms with Crippen LogP contribution >= 0.6 is 23.2 Å². The molecule has 2 N–H and O–H groups in total. The van der Waals surface area contributed by atoms with E-state index in [0.717, 1.165) is 17.4 Å². The van der Waals surface area contributed by atoms with E-state index in [1.165, 1.54) is 0 Å². The molecular weight excluding hydrogens is 489 g/mol. The van der Waals surface area contributed by atoms with Gasteiger partial charge in [-0.05, 0) is 41.8 Å². The van der Waals surface area contributed by atoms with Crippen LogP contribution in [0.1, 0.15) is 38.3 Å². The third kappa shape index (κ3) is 8.15. The van der Waals surface area contributed by atoms with Crippen LogP contribution in [0.25, 0.3) is 0 Å². The first-order valence-electron chi connectivity index (χ1n) is 10.3. The highest BCUT2D eigenvalue weighted by Gasteiger charge is 2.25. The van der Waals surface area contributed by atoms with Gasteiger partial charge in [0.1, 0.15) is 24.7 Å². The van der Waals surface area contributed by atoms with Crippen molar-refractivity contribution >= 4 is 39.0 Å². The van der Waals surface area contributed by atoms with Crippen LogP contribution in [0.15, 0.2) is 36.4 Å². The molecule has 0 aromatic heterocycles. The van der Waals surface area contributed by atoms with Gasteiger partial charge in [0, 0.05) is 5.41 Å². The summed E-state index contributed by atoms with van der Waals surface area (Å²) < 4.78 is 35.3. The highest BCUT2D eigenvalue weighted by Crippen LogP contribution is 2.38. The minimum absolute atomic E-state index is 0.169. The number of sulfonamides is 1. The molecule has 0 aliphatic heterocycles. The molecule has 0 fully saturated rings. The first-order valence-corrected chi connectivity index (χ1v) is 13.0. The van der Waals surface area contributed by atoms with E-state index in [2.05, 4.69) is 4.72 Å². The first-order chi connectivity index (χ1) is 15.3. The molecule has 182 valence electrons. The second-order valence-corrected chi connectivity index (χ2v) is 10.9. The Morgan fingerprint density at radius 3 is 2.03 bits per heavy atom. The van der Waals surface area contributed by atoms with Crippen LogP contribution in [0, 0.1) is 0 Å². The molecule has 2 aromatic rings. The van der Waals surface area contributed by atoms with Crippen molar-refractivity contribution in [3.05, 3.63) is 57.6 Å². The van der Waals surface area contributed by atoms with Crippen LogP contribution in [0.4, 0.5) is 0 Å². The van der Waals surface area contributed by atoms with E-state index in [9.17, 15) is 18.3 Å². The Labute approximate surface area is 205 Å². The summed E-state index contributed by atoms with van der Waals surface area (Å²) in [4.78, 5) is 11.8. The average Bonchev–Trinajstić information content (AvgIpc) is 2.75. The van der Waals surface area contributed by atoms with E-state index >= 15 is 0 Å². The number of benzene rings is 2. The van der Waals surface area contributed by atoms with Gasteiger partial charge in [-0.3, -0.25) is 4.79 Å². The molecular formula is C23H29Cl2NO6S. The van der Waals surface area contributed by atoms with Gasteiger partial charge in [0.05, 0.1) is 28.9 Å². The van der Waals surface area contributed by atoms with E-state index in [0.29, 0.717) is 28.0 Å². The van der Waals surface area contributed by atoms with E-state index in [-0.39, 0.29) is 19.8 Å². The molecule has 2 rings (SSSR count). The first kappa shape index (κ1) is 27.4. The van der Waals surface area contributed by atoms with E-state index in [4.69, 9.17) is 32.7 Å². The third-order valence-corrected chi connectivity index (χ3v) is 6.39. The fourth-order valence-corrected chi connectivity index (χ4v) is 3.80. The van der Waals surface area contributed by atoms with Gasteiger partial charge >= 0.3 is 0 Å². The van der Waals surface area contributed by atoms with Crippen molar-refractivity contribution in [1.29, 1.82) is 0 Å². The minimum Gasteiger partial charge on any atom is -0.489 e. The SMILES string of the molecule is CC[C@@H](O)COc1ccc(C(C)(C)c2ccc(OCC(=O)CNS(C)(=O)=O)c(Cl)c2)cc1Cl. The number of carbonyl (C=O) groups is 1. The van der Waals surface area contributed by atoms with Gasteiger partial charge in [-0.25, -0.2) is 13.1 Å². The summed E-state index contributed by atoms with van der Waals surface area (Å²) >= 11 is 12.8. The maximum Gasteiger partial charge on any atom is 0.209 e. The van der Waals surface area contributed by atoms with Crippen LogP contribution in [0.5, 0.6) is 11.5 Å². The number of halogens is 2. The molecule has 1 atom stereocenters. The molecule has 0 aliphatic carbocycles. The van der Waals surface area contributed by atoms with Crippen LogP contribution in [-0.4, -0.2) is 51.4 Å². The summed E-state index contributed by atoms with van der Waals surface area (Å²) in [6.45, 7) is 5.42. The molecule has 33 heavy (non-hydrogen) atoms. The molecule has 0 radical (unpaired) electrons. The zero-order valence-corrected chi connectivity index (χ0v) is 21.4. The smallest absolute Gasteiger partial charge is 0.209 e. The summed E-state index contributed by atoms with van der Waals surface area (Å²) in [5, 5.41) is 10.4. The number of hydrogen-bond acceptors (Lipinski definition) is 6. The van der Waals surface area contributed by atoms with Crippen LogP contribution in [-0.2, 0) is 20.2 Å². The fourth-order valence-electron chi connectivity index (χ4n) is 2.90. The van der Waals surface area contributed by atoms with E-state index < -0.39 is 27.3 Å². The highest BCUT2D eigenvalue weighted by atomic mass is 35.5. The molecule has 7 nitrogen and oxygen atoms in total. The standard InChI is InChI=1S/C23H29Cl2NO6S/c1-5-17(27)13-31-21-8-6-15(10-19(21)24)23(2,3)16-7-9-22(20(25)11-16)32-14-18(28)12-26-33(4,29)30/h6-11,17,26-27H,5,12-14H2,1-4H3/t17-/m1/s1. The van der Waals surface area contributed by atoms with Crippen molar-refractivity contribution in [2.75, 3.05) is 26.0 Å². The predicted octanol–water partition coefficient (Wildman–Crippen LogP) is 3.97. The Morgan fingerprint density at radius 1 is 1.06 bits per heavy atom. The van der Waals surface area contributed by atoms with Crippen LogP contribution in [0.3, 0.4) is 0 Å². The summed E-state index contributed by atoms with van der Waals surface area (Å²) in [6, 6.07) is 10.8. The van der Waals surface area contributed by atoms with Crippen molar-refractivity contribution in [2.45, 2.75) is 38.7 Å². The van der Waals surface area contributed by atoms with E-state index in [1.54, 1.807) is 18.2 Å². The molecule has 0 bridgehead atoms. The molecule has 0 amide bonds. The van der Waals surface area contributed by atoms with Crippen LogP contribution in [0.2, 0.25) is 10.0 Å². The van der Waals surface area contributed by atoms with Gasteiger partial charge in [0.2, 0.25) is 10.0 Å². The molecule has 0 saturated heterocycles. The number of rotatable bonds is 12. The molecule has 10 heteroatoms. The zero-order chi connectivity index (χ0) is 24.8. The summed E-state index contributed by atoms with van der Waals surface area (Å²) in [6.07, 6.45) is 1.02. The largest absolute Gasteiger partial charge is 0.489 e. The Hall–Kier alpha value is -1.84. The maximum absolute atomic E-state index is 11.8. The molecule has 0 saturated carbocycles. The molecule has 0 aliphatic rings. The molecule has 0 spiro atoms. The Morgan fingerprint density at radius 2 is 1.58 bits per heavy atom. The monoisotopic (exact) mass is 517 g/mol. The number of carbonyl (C=O) groups excluding carboxylic acids is 1. The summed E-state index contributed by atoms with van der Waals surface area (Å²) in [5.74, 6) is 0.394. The molecule has 2 aromatic carbocycles. The fraction of sp³-hybridized carbons (Fsp3) is 0.435. The van der Waals surface area contributed by atoms with Crippen molar-refractivity contribution in [2.24, 2.45) is 0 Å². The number of nitrogens with one attached hydrogen (secondary N) is 1. The minimum atomic E-state index is -3.45. The number of ether oxygens (including phenoxy) is 2. The Bertz CT molecular complexity index is 1090. The van der Waals surface area contributed by atoms with Crippen molar-refractivity contribution < 1.29 is 27.8 Å². The molecule has 0 heterocycles. The normalized spacial score (nSPS) is 12.9. The Kier molecular flexibility index (Phi) is 9.58. The van der Waals surface area contributed by atoms with Gasteiger partial charge in [0.25, 0.3) is 0 Å². The average molecular weight is 518 g/mol. The lowest BCUT2D eigenvalue weighted by molar-refractivity contribution is -0.119. The van der Waals surface area contributed by atoms with Gasteiger partial charge in [0.15, 0.2) is 5.78 Å². The van der Waals surface area contributed by atoms with Gasteiger partial charge in [-0.1, -0.05) is 56.1 Å². The topological polar surface area (TPSA) is 102 Å². The van der Waals surface area contributed by atoms with Gasteiger partial charge < -0.3 is 14.6 Å². The third-order valence-electron chi connectivity index (χ3n) is 5.13. The quantitative estimate of drug-likeness (QED) is 0.441. The van der Waals surface area contributed by atoms with Crippen molar-refractivity contribution in [1.82, 2.24) is 4.72 Å². The number of aliphatic hydroxyl groups excluding tert-OH is 1. The van der Waals surface area contributed by atoms with Gasteiger partial charge in [-0.15, -0.1) is 0 Å².